The summed E-state index contributed by atoms with van der Waals surface area (Å²) >= 11 is 0. The molecular weight excluding hydrogens is 282 g/mol. The first-order chi connectivity index (χ1) is 10.5. The highest BCUT2D eigenvalue weighted by molar-refractivity contribution is 5.94. The molecule has 0 saturated heterocycles. The SMILES string of the molecule is CC(CCCCNC(=O)c1ccc(N(C)C)cc1)C(=O)NO. The smallest absolute Gasteiger partial charge is 0.251 e. The maximum Gasteiger partial charge on any atom is 0.251 e. The van der Waals surface area contributed by atoms with Gasteiger partial charge in [-0.15, -0.1) is 0 Å². The zero-order valence-electron chi connectivity index (χ0n) is 13.4. The molecule has 0 aromatic heterocycles. The molecule has 3 N–H and O–H groups in total. The van der Waals surface area contributed by atoms with Gasteiger partial charge in [-0.25, -0.2) is 5.48 Å². The number of unbranched alkanes of at least 4 members (excludes halogenated alkanes) is 1. The Labute approximate surface area is 131 Å². The van der Waals surface area contributed by atoms with Crippen molar-refractivity contribution in [3.63, 3.8) is 0 Å². The van der Waals surface area contributed by atoms with Crippen LogP contribution in [-0.4, -0.2) is 37.7 Å². The Morgan fingerprint density at radius 2 is 1.82 bits per heavy atom. The fourth-order valence-corrected chi connectivity index (χ4v) is 2.03. The summed E-state index contributed by atoms with van der Waals surface area (Å²) in [6, 6.07) is 7.42. The number of anilines is 1. The summed E-state index contributed by atoms with van der Waals surface area (Å²) in [4.78, 5) is 25.0. The maximum atomic E-state index is 12.0. The van der Waals surface area contributed by atoms with Gasteiger partial charge >= 0.3 is 0 Å². The van der Waals surface area contributed by atoms with Crippen molar-refractivity contribution < 1.29 is 14.8 Å². The van der Waals surface area contributed by atoms with Crippen LogP contribution in [0, 0.1) is 5.92 Å². The zero-order chi connectivity index (χ0) is 16.5. The third kappa shape index (κ3) is 5.73. The van der Waals surface area contributed by atoms with E-state index in [2.05, 4.69) is 5.32 Å². The normalized spacial score (nSPS) is 11.6. The Kier molecular flexibility index (Phi) is 7.39. The Morgan fingerprint density at radius 3 is 2.36 bits per heavy atom. The molecule has 1 atom stereocenters. The van der Waals surface area contributed by atoms with E-state index in [1.165, 1.54) is 0 Å². The number of carbonyl (C=O) groups is 2. The third-order valence-corrected chi connectivity index (χ3v) is 3.55. The second-order valence-electron chi connectivity index (χ2n) is 5.57. The molecule has 0 aliphatic rings. The van der Waals surface area contributed by atoms with Gasteiger partial charge in [-0.1, -0.05) is 13.3 Å². The van der Waals surface area contributed by atoms with E-state index in [4.69, 9.17) is 5.21 Å². The first-order valence-electron chi connectivity index (χ1n) is 7.45. The largest absolute Gasteiger partial charge is 0.378 e. The summed E-state index contributed by atoms with van der Waals surface area (Å²) in [7, 11) is 3.90. The molecule has 6 nitrogen and oxygen atoms in total. The van der Waals surface area contributed by atoms with Crippen LogP contribution in [0.25, 0.3) is 0 Å². The van der Waals surface area contributed by atoms with E-state index in [-0.39, 0.29) is 17.7 Å². The minimum Gasteiger partial charge on any atom is -0.378 e. The van der Waals surface area contributed by atoms with Gasteiger partial charge in [-0.2, -0.15) is 0 Å². The first-order valence-corrected chi connectivity index (χ1v) is 7.45. The monoisotopic (exact) mass is 307 g/mol. The lowest BCUT2D eigenvalue weighted by Crippen LogP contribution is -2.26. The van der Waals surface area contributed by atoms with Gasteiger partial charge in [0, 0.05) is 37.8 Å². The number of rotatable bonds is 8. The lowest BCUT2D eigenvalue weighted by Gasteiger charge is -2.12. The van der Waals surface area contributed by atoms with Crippen LogP contribution in [-0.2, 0) is 4.79 Å². The van der Waals surface area contributed by atoms with Crippen LogP contribution in [0.3, 0.4) is 0 Å². The fourth-order valence-electron chi connectivity index (χ4n) is 2.03. The number of hydrogen-bond donors (Lipinski definition) is 3. The van der Waals surface area contributed by atoms with Crippen molar-refractivity contribution in [2.75, 3.05) is 25.5 Å². The molecule has 1 rings (SSSR count). The molecule has 0 saturated carbocycles. The Balaban J connectivity index is 2.27. The van der Waals surface area contributed by atoms with Gasteiger partial charge in [-0.3, -0.25) is 14.8 Å². The molecule has 0 fully saturated rings. The van der Waals surface area contributed by atoms with Gasteiger partial charge in [0.1, 0.15) is 0 Å². The summed E-state index contributed by atoms with van der Waals surface area (Å²) in [5, 5.41) is 11.4. The van der Waals surface area contributed by atoms with E-state index >= 15 is 0 Å². The molecule has 22 heavy (non-hydrogen) atoms. The topological polar surface area (TPSA) is 81.7 Å². The number of nitrogens with zero attached hydrogens (tertiary/aromatic N) is 1. The summed E-state index contributed by atoms with van der Waals surface area (Å²) in [5.74, 6) is -0.684. The van der Waals surface area contributed by atoms with E-state index < -0.39 is 0 Å². The lowest BCUT2D eigenvalue weighted by molar-refractivity contribution is -0.133. The maximum absolute atomic E-state index is 12.0. The van der Waals surface area contributed by atoms with Crippen molar-refractivity contribution in [3.8, 4) is 0 Å². The van der Waals surface area contributed by atoms with E-state index in [0.29, 0.717) is 18.5 Å². The number of benzene rings is 1. The molecule has 0 bridgehead atoms. The second kappa shape index (κ2) is 9.04. The second-order valence-corrected chi connectivity index (χ2v) is 5.57. The minimum atomic E-state index is -0.370. The van der Waals surface area contributed by atoms with Crippen molar-refractivity contribution in [1.29, 1.82) is 0 Å². The van der Waals surface area contributed by atoms with Gasteiger partial charge in [0.2, 0.25) is 5.91 Å². The van der Waals surface area contributed by atoms with Crippen LogP contribution >= 0.6 is 0 Å². The number of nitrogens with one attached hydrogen (secondary N) is 2. The van der Waals surface area contributed by atoms with Gasteiger partial charge < -0.3 is 10.2 Å². The molecule has 1 aromatic rings. The zero-order valence-corrected chi connectivity index (χ0v) is 13.4. The van der Waals surface area contributed by atoms with Crippen LogP contribution in [0.1, 0.15) is 36.5 Å². The quantitative estimate of drug-likeness (QED) is 0.388. The molecule has 122 valence electrons. The molecule has 2 amide bonds. The molecule has 1 aromatic carbocycles. The van der Waals surface area contributed by atoms with E-state index in [0.717, 1.165) is 18.5 Å². The summed E-state index contributed by atoms with van der Waals surface area (Å²) < 4.78 is 0. The molecule has 0 aliphatic carbocycles. The number of carbonyl (C=O) groups excluding carboxylic acids is 2. The predicted molar refractivity (Wildman–Crippen MR) is 86.0 cm³/mol. The van der Waals surface area contributed by atoms with Crippen molar-refractivity contribution in [2.45, 2.75) is 26.2 Å². The minimum absolute atomic E-state index is 0.0912. The van der Waals surface area contributed by atoms with Crippen molar-refractivity contribution in [3.05, 3.63) is 29.8 Å². The number of amides is 2. The Morgan fingerprint density at radius 1 is 1.18 bits per heavy atom. The highest BCUT2D eigenvalue weighted by atomic mass is 16.5. The van der Waals surface area contributed by atoms with E-state index in [9.17, 15) is 9.59 Å². The number of hydrogen-bond acceptors (Lipinski definition) is 4. The summed E-state index contributed by atoms with van der Waals surface area (Å²) in [6.45, 7) is 2.33. The van der Waals surface area contributed by atoms with E-state index in [1.807, 2.05) is 31.1 Å². The molecular formula is C16H25N3O3. The van der Waals surface area contributed by atoms with Crippen LogP contribution in [0.5, 0.6) is 0 Å². The first kappa shape index (κ1) is 18.0. The van der Waals surface area contributed by atoms with Crippen LogP contribution in [0.2, 0.25) is 0 Å². The average molecular weight is 307 g/mol. The molecule has 0 spiro atoms. The van der Waals surface area contributed by atoms with Crippen LogP contribution in [0.15, 0.2) is 24.3 Å². The van der Waals surface area contributed by atoms with Crippen molar-refractivity contribution in [1.82, 2.24) is 10.8 Å². The molecule has 0 aliphatic heterocycles. The fraction of sp³-hybridized carbons (Fsp3) is 0.500. The number of hydroxylamine groups is 1. The molecule has 0 heterocycles. The third-order valence-electron chi connectivity index (χ3n) is 3.55. The van der Waals surface area contributed by atoms with Crippen molar-refractivity contribution in [2.24, 2.45) is 5.92 Å². The van der Waals surface area contributed by atoms with Gasteiger partial charge in [-0.05, 0) is 37.1 Å². The summed E-state index contributed by atoms with van der Waals surface area (Å²) in [5.41, 5.74) is 3.33. The highest BCUT2D eigenvalue weighted by Crippen LogP contribution is 2.12. The molecule has 6 heteroatoms. The van der Waals surface area contributed by atoms with Gasteiger partial charge in [0.15, 0.2) is 0 Å². The highest BCUT2D eigenvalue weighted by Gasteiger charge is 2.11. The average Bonchev–Trinajstić information content (AvgIpc) is 2.53. The summed E-state index contributed by atoms with van der Waals surface area (Å²) in [6.07, 6.45) is 2.29. The van der Waals surface area contributed by atoms with Crippen LogP contribution in [0.4, 0.5) is 5.69 Å². The van der Waals surface area contributed by atoms with Gasteiger partial charge in [0.05, 0.1) is 0 Å². The predicted octanol–water partition coefficient (Wildman–Crippen LogP) is 1.79. The van der Waals surface area contributed by atoms with Crippen LogP contribution < -0.4 is 15.7 Å². The Hall–Kier alpha value is -2.08. The van der Waals surface area contributed by atoms with Crippen molar-refractivity contribution >= 4 is 17.5 Å². The lowest BCUT2D eigenvalue weighted by atomic mass is 10.0. The molecule has 0 radical (unpaired) electrons. The van der Waals surface area contributed by atoms with Gasteiger partial charge in [0.25, 0.3) is 5.91 Å². The Bertz CT molecular complexity index is 486. The molecule has 1 unspecified atom stereocenters. The van der Waals surface area contributed by atoms with E-state index in [1.54, 1.807) is 24.5 Å². The standard InChI is InChI=1S/C16H25N3O3/c1-12(15(20)18-22)6-4-5-11-17-16(21)13-7-9-14(10-8-13)19(2)3/h7-10,12,22H,4-6,11H2,1-3H3,(H,17,21)(H,18,20).